The van der Waals surface area contributed by atoms with Gasteiger partial charge in [-0.1, -0.05) is 6.07 Å². The van der Waals surface area contributed by atoms with Crippen molar-refractivity contribution in [2.45, 2.75) is 50.3 Å². The van der Waals surface area contributed by atoms with Crippen LogP contribution in [0.4, 0.5) is 13.2 Å². The number of aromatic nitrogens is 2. The summed E-state index contributed by atoms with van der Waals surface area (Å²) in [5, 5.41) is 0. The Morgan fingerprint density at radius 3 is 2.66 bits per heavy atom. The van der Waals surface area contributed by atoms with Crippen molar-refractivity contribution in [2.24, 2.45) is 0 Å². The van der Waals surface area contributed by atoms with Gasteiger partial charge in [-0.05, 0) is 38.8 Å². The molecule has 0 bridgehead atoms. The number of halogens is 3. The average molecular weight is 479 g/mol. The Kier molecular flexibility index (Phi) is 8.64. The standard InChI is InChI=1S/C19H24F3N3O6S/c1-19(2,7-4-8-30-12-25-10-15(20)17(26)23-18(25)27)24-32(28,29)14-6-3-5-13(9-14)31-11-16(21)22/h3,5-6,9-10,16,24H,4,7-8,11-12H2,1-2H3,(H,23,26,27). The molecule has 1 aromatic carbocycles. The highest BCUT2D eigenvalue weighted by Gasteiger charge is 2.26. The Morgan fingerprint density at radius 2 is 1.97 bits per heavy atom. The second-order valence-electron chi connectivity index (χ2n) is 7.51. The van der Waals surface area contributed by atoms with Gasteiger partial charge in [-0.25, -0.2) is 26.7 Å². The van der Waals surface area contributed by atoms with Crippen LogP contribution in [0.3, 0.4) is 0 Å². The van der Waals surface area contributed by atoms with Crippen molar-refractivity contribution in [1.82, 2.24) is 14.3 Å². The van der Waals surface area contributed by atoms with Gasteiger partial charge in [-0.3, -0.25) is 14.3 Å². The quantitative estimate of drug-likeness (QED) is 0.449. The zero-order chi connectivity index (χ0) is 23.9. The van der Waals surface area contributed by atoms with Gasteiger partial charge in [0.2, 0.25) is 15.8 Å². The van der Waals surface area contributed by atoms with E-state index in [9.17, 15) is 31.2 Å². The Hall–Kier alpha value is -2.64. The molecule has 0 fully saturated rings. The van der Waals surface area contributed by atoms with E-state index in [4.69, 9.17) is 9.47 Å². The van der Waals surface area contributed by atoms with Crippen molar-refractivity contribution in [1.29, 1.82) is 0 Å². The molecule has 0 aliphatic heterocycles. The maximum absolute atomic E-state index is 13.2. The van der Waals surface area contributed by atoms with Gasteiger partial charge in [0, 0.05) is 18.2 Å². The van der Waals surface area contributed by atoms with E-state index in [1.54, 1.807) is 18.8 Å². The number of benzene rings is 1. The molecule has 0 aliphatic carbocycles. The number of rotatable bonds is 12. The van der Waals surface area contributed by atoms with E-state index in [-0.39, 0.29) is 24.0 Å². The Labute approximate surface area is 182 Å². The van der Waals surface area contributed by atoms with Crippen LogP contribution in [0, 0.1) is 5.82 Å². The van der Waals surface area contributed by atoms with Gasteiger partial charge in [0.05, 0.1) is 11.1 Å². The first-order chi connectivity index (χ1) is 14.9. The summed E-state index contributed by atoms with van der Waals surface area (Å²) in [6.07, 6.45) is -1.20. The van der Waals surface area contributed by atoms with Gasteiger partial charge >= 0.3 is 5.69 Å². The third kappa shape index (κ3) is 7.80. The van der Waals surface area contributed by atoms with E-state index in [1.165, 1.54) is 18.2 Å². The van der Waals surface area contributed by atoms with Crippen LogP contribution >= 0.6 is 0 Å². The van der Waals surface area contributed by atoms with Gasteiger partial charge in [0.25, 0.3) is 12.0 Å². The predicted molar refractivity (Wildman–Crippen MR) is 109 cm³/mol. The maximum Gasteiger partial charge on any atom is 0.330 e. The number of nitrogens with one attached hydrogen (secondary N) is 2. The summed E-state index contributed by atoms with van der Waals surface area (Å²) in [5.74, 6) is -1.11. The normalized spacial score (nSPS) is 12.3. The van der Waals surface area contributed by atoms with Crippen molar-refractivity contribution in [3.05, 3.63) is 57.1 Å². The number of hydrogen-bond donors (Lipinski definition) is 2. The van der Waals surface area contributed by atoms with Gasteiger partial charge < -0.3 is 9.47 Å². The zero-order valence-corrected chi connectivity index (χ0v) is 18.3. The molecular weight excluding hydrogens is 455 g/mol. The van der Waals surface area contributed by atoms with Gasteiger partial charge in [-0.2, -0.15) is 4.39 Å². The molecular formula is C19H24F3N3O6S. The molecule has 0 saturated carbocycles. The van der Waals surface area contributed by atoms with E-state index >= 15 is 0 Å². The fourth-order valence-electron chi connectivity index (χ4n) is 2.72. The number of sulfonamides is 1. The first kappa shape index (κ1) is 25.6. The van der Waals surface area contributed by atoms with Crippen molar-refractivity contribution in [2.75, 3.05) is 13.2 Å². The minimum atomic E-state index is -3.96. The van der Waals surface area contributed by atoms with Crippen LogP contribution in [0.25, 0.3) is 0 Å². The third-order valence-corrected chi connectivity index (χ3v) is 5.89. The Balaban J connectivity index is 1.88. The van der Waals surface area contributed by atoms with E-state index in [1.807, 2.05) is 0 Å². The average Bonchev–Trinajstić information content (AvgIpc) is 2.69. The number of hydrogen-bond acceptors (Lipinski definition) is 6. The molecule has 32 heavy (non-hydrogen) atoms. The second kappa shape index (κ2) is 10.8. The molecule has 0 radical (unpaired) electrons. The lowest BCUT2D eigenvalue weighted by Gasteiger charge is -2.26. The van der Waals surface area contributed by atoms with Crippen molar-refractivity contribution in [3.63, 3.8) is 0 Å². The summed E-state index contributed by atoms with van der Waals surface area (Å²) in [6.45, 7) is 2.31. The number of aromatic amines is 1. The van der Waals surface area contributed by atoms with Gasteiger partial charge in [0.15, 0.2) is 0 Å². The Morgan fingerprint density at radius 1 is 1.25 bits per heavy atom. The predicted octanol–water partition coefficient (Wildman–Crippen LogP) is 1.83. The lowest BCUT2D eigenvalue weighted by molar-refractivity contribution is 0.0672. The zero-order valence-electron chi connectivity index (χ0n) is 17.4. The fourth-order valence-corrected chi connectivity index (χ4v) is 4.20. The molecule has 13 heteroatoms. The largest absolute Gasteiger partial charge is 0.488 e. The summed E-state index contributed by atoms with van der Waals surface area (Å²) in [5.41, 5.74) is -2.82. The number of nitrogens with zero attached hydrogens (tertiary/aromatic N) is 1. The first-order valence-corrected chi connectivity index (χ1v) is 11.0. The van der Waals surface area contributed by atoms with Crippen LogP contribution in [0.2, 0.25) is 0 Å². The van der Waals surface area contributed by atoms with Crippen molar-refractivity contribution < 1.29 is 31.1 Å². The molecule has 178 valence electrons. The van der Waals surface area contributed by atoms with Gasteiger partial charge in [0.1, 0.15) is 19.1 Å². The number of H-pyrrole nitrogens is 1. The highest BCUT2D eigenvalue weighted by molar-refractivity contribution is 7.89. The van der Waals surface area contributed by atoms with Crippen molar-refractivity contribution in [3.8, 4) is 5.75 Å². The van der Waals surface area contributed by atoms with E-state index in [2.05, 4.69) is 4.72 Å². The molecule has 0 atom stereocenters. The highest BCUT2D eigenvalue weighted by atomic mass is 32.2. The first-order valence-electron chi connectivity index (χ1n) is 9.52. The molecule has 0 spiro atoms. The minimum Gasteiger partial charge on any atom is -0.488 e. The maximum atomic E-state index is 13.2. The number of alkyl halides is 2. The van der Waals surface area contributed by atoms with Crippen LogP contribution in [-0.2, 0) is 21.5 Å². The molecule has 1 heterocycles. The molecule has 9 nitrogen and oxygen atoms in total. The van der Waals surface area contributed by atoms with Crippen LogP contribution in [-0.4, -0.2) is 43.1 Å². The molecule has 0 saturated heterocycles. The monoisotopic (exact) mass is 479 g/mol. The third-order valence-electron chi connectivity index (χ3n) is 4.19. The van der Waals surface area contributed by atoms with Crippen LogP contribution in [0.5, 0.6) is 5.75 Å². The SMILES string of the molecule is CC(C)(CCCOCn1cc(F)c(=O)[nH]c1=O)NS(=O)(=O)c1cccc(OCC(F)F)c1. The summed E-state index contributed by atoms with van der Waals surface area (Å²) >= 11 is 0. The molecule has 0 unspecified atom stereocenters. The van der Waals surface area contributed by atoms with Crippen molar-refractivity contribution >= 4 is 10.0 Å². The molecule has 0 amide bonds. The Bertz CT molecular complexity index is 1130. The second-order valence-corrected chi connectivity index (χ2v) is 9.20. The minimum absolute atomic E-state index is 0.00770. The van der Waals surface area contributed by atoms with Crippen LogP contribution < -0.4 is 20.7 Å². The lowest BCUT2D eigenvalue weighted by Crippen LogP contribution is -2.43. The fraction of sp³-hybridized carbons (Fsp3) is 0.474. The van der Waals surface area contributed by atoms with E-state index in [0.29, 0.717) is 12.8 Å². The van der Waals surface area contributed by atoms with Crippen LogP contribution in [0.1, 0.15) is 26.7 Å². The van der Waals surface area contributed by atoms with Gasteiger partial charge in [-0.15, -0.1) is 0 Å². The smallest absolute Gasteiger partial charge is 0.330 e. The highest BCUT2D eigenvalue weighted by Crippen LogP contribution is 2.21. The molecule has 1 aromatic heterocycles. The summed E-state index contributed by atoms with van der Waals surface area (Å²) in [6, 6.07) is 5.24. The van der Waals surface area contributed by atoms with E-state index < -0.39 is 45.7 Å². The summed E-state index contributed by atoms with van der Waals surface area (Å²) in [4.78, 5) is 24.2. The molecule has 2 aromatic rings. The topological polar surface area (TPSA) is 119 Å². The molecule has 2 N–H and O–H groups in total. The molecule has 0 aliphatic rings. The number of ether oxygens (including phenoxy) is 2. The van der Waals surface area contributed by atoms with Crippen LogP contribution in [0.15, 0.2) is 44.9 Å². The lowest BCUT2D eigenvalue weighted by atomic mass is 10.0. The summed E-state index contributed by atoms with van der Waals surface area (Å²) in [7, 11) is -3.96. The van der Waals surface area contributed by atoms with E-state index in [0.717, 1.165) is 16.8 Å². The summed E-state index contributed by atoms with van der Waals surface area (Å²) < 4.78 is 76.7. The molecule has 2 rings (SSSR count).